The van der Waals surface area contributed by atoms with E-state index in [1.54, 1.807) is 0 Å². The Morgan fingerprint density at radius 2 is 1.67 bits per heavy atom. The highest BCUT2D eigenvalue weighted by Crippen LogP contribution is 2.21. The van der Waals surface area contributed by atoms with Crippen LogP contribution in [0.15, 0.2) is 48.5 Å². The molecule has 2 aromatic carbocycles. The van der Waals surface area contributed by atoms with Gasteiger partial charge in [-0.3, -0.25) is 0 Å². The number of hydrogen-bond acceptors (Lipinski definition) is 1. The second-order valence-electron chi connectivity index (χ2n) is 4.43. The summed E-state index contributed by atoms with van der Waals surface area (Å²) in [7, 11) is 0. The summed E-state index contributed by atoms with van der Waals surface area (Å²) in [5.74, 6) is 0. The lowest BCUT2D eigenvalue weighted by molar-refractivity contribution is 0.828. The Morgan fingerprint density at radius 3 is 2.28 bits per heavy atom. The number of hydrogen-bond donors (Lipinski definition) is 0. The van der Waals surface area contributed by atoms with Crippen LogP contribution in [0.3, 0.4) is 0 Å². The normalized spacial score (nSPS) is 10.4. The quantitative estimate of drug-likeness (QED) is 0.727. The van der Waals surface area contributed by atoms with Crippen molar-refractivity contribution in [2.45, 2.75) is 20.4 Å². The molecule has 2 heteroatoms. The Bertz CT molecular complexity index is 505. The molecule has 0 radical (unpaired) electrons. The molecule has 0 saturated carbocycles. The molecule has 94 valence electrons. The van der Waals surface area contributed by atoms with Crippen molar-refractivity contribution in [3.05, 3.63) is 63.2 Å². The van der Waals surface area contributed by atoms with E-state index in [0.29, 0.717) is 0 Å². The summed E-state index contributed by atoms with van der Waals surface area (Å²) in [4.78, 5) is 2.41. The molecule has 0 saturated heterocycles. The molecule has 0 aliphatic rings. The minimum atomic E-state index is 0.971. The zero-order valence-electron chi connectivity index (χ0n) is 10.9. The van der Waals surface area contributed by atoms with Crippen LogP contribution in [0.2, 0.25) is 0 Å². The van der Waals surface area contributed by atoms with Gasteiger partial charge in [0.1, 0.15) is 0 Å². The van der Waals surface area contributed by atoms with Gasteiger partial charge in [0.25, 0.3) is 0 Å². The number of aryl methyl sites for hydroxylation is 1. The molecular weight excluding hydrogens is 333 g/mol. The largest absolute Gasteiger partial charge is 0.367 e. The SMILES string of the molecule is CCN(Cc1ccc(I)cc1)c1ccccc1C. The average molecular weight is 351 g/mol. The van der Waals surface area contributed by atoms with Crippen molar-refractivity contribution in [1.82, 2.24) is 0 Å². The van der Waals surface area contributed by atoms with Crippen LogP contribution < -0.4 is 4.90 Å². The molecule has 0 bridgehead atoms. The first-order valence-electron chi connectivity index (χ1n) is 6.25. The summed E-state index contributed by atoms with van der Waals surface area (Å²) in [5.41, 5.74) is 4.03. The molecule has 2 rings (SSSR count). The van der Waals surface area contributed by atoms with E-state index in [4.69, 9.17) is 0 Å². The van der Waals surface area contributed by atoms with Crippen LogP contribution in [0.25, 0.3) is 0 Å². The molecule has 0 heterocycles. The molecule has 0 amide bonds. The van der Waals surface area contributed by atoms with Crippen LogP contribution >= 0.6 is 22.6 Å². The molecule has 0 N–H and O–H groups in total. The molecule has 0 spiro atoms. The molecule has 0 atom stereocenters. The van der Waals surface area contributed by atoms with Crippen molar-refractivity contribution >= 4 is 28.3 Å². The number of para-hydroxylation sites is 1. The van der Waals surface area contributed by atoms with Gasteiger partial charge in [-0.1, -0.05) is 30.3 Å². The zero-order chi connectivity index (χ0) is 13.0. The second-order valence-corrected chi connectivity index (χ2v) is 5.67. The molecule has 2 aromatic rings. The molecular formula is C16H18IN. The van der Waals surface area contributed by atoms with Crippen molar-refractivity contribution in [3.8, 4) is 0 Å². The van der Waals surface area contributed by atoms with Crippen molar-refractivity contribution < 1.29 is 0 Å². The minimum Gasteiger partial charge on any atom is -0.367 e. The predicted molar refractivity (Wildman–Crippen MR) is 87.1 cm³/mol. The van der Waals surface area contributed by atoms with Crippen LogP contribution in [0.4, 0.5) is 5.69 Å². The summed E-state index contributed by atoms with van der Waals surface area (Å²) in [6, 6.07) is 17.3. The van der Waals surface area contributed by atoms with Gasteiger partial charge in [-0.2, -0.15) is 0 Å². The van der Waals surface area contributed by atoms with Gasteiger partial charge in [0.15, 0.2) is 0 Å². The Morgan fingerprint density at radius 1 is 1.00 bits per heavy atom. The number of rotatable bonds is 4. The molecule has 0 aliphatic carbocycles. The van der Waals surface area contributed by atoms with Crippen LogP contribution in [0, 0.1) is 10.5 Å². The molecule has 0 fully saturated rings. The predicted octanol–water partition coefficient (Wildman–Crippen LogP) is 4.63. The van der Waals surface area contributed by atoms with Gasteiger partial charge in [0.05, 0.1) is 0 Å². The van der Waals surface area contributed by atoms with Gasteiger partial charge >= 0.3 is 0 Å². The lowest BCUT2D eigenvalue weighted by Crippen LogP contribution is -2.22. The zero-order valence-corrected chi connectivity index (χ0v) is 13.0. The van der Waals surface area contributed by atoms with Crippen molar-refractivity contribution in [2.24, 2.45) is 0 Å². The molecule has 0 unspecified atom stereocenters. The first-order valence-corrected chi connectivity index (χ1v) is 7.33. The van der Waals surface area contributed by atoms with E-state index in [9.17, 15) is 0 Å². The molecule has 0 aromatic heterocycles. The summed E-state index contributed by atoms with van der Waals surface area (Å²) >= 11 is 2.34. The summed E-state index contributed by atoms with van der Waals surface area (Å²) in [6.45, 7) is 6.38. The first-order chi connectivity index (χ1) is 8.70. The van der Waals surface area contributed by atoms with Crippen LogP contribution in [0.1, 0.15) is 18.1 Å². The minimum absolute atomic E-state index is 0.971. The van der Waals surface area contributed by atoms with Crippen molar-refractivity contribution in [2.75, 3.05) is 11.4 Å². The highest BCUT2D eigenvalue weighted by Gasteiger charge is 2.07. The van der Waals surface area contributed by atoms with Crippen LogP contribution in [-0.4, -0.2) is 6.54 Å². The monoisotopic (exact) mass is 351 g/mol. The van der Waals surface area contributed by atoms with Crippen molar-refractivity contribution in [1.29, 1.82) is 0 Å². The Kier molecular flexibility index (Phi) is 4.64. The summed E-state index contributed by atoms with van der Waals surface area (Å²) in [5, 5.41) is 0. The number of nitrogens with zero attached hydrogens (tertiary/aromatic N) is 1. The van der Waals surface area contributed by atoms with E-state index in [1.807, 2.05) is 0 Å². The van der Waals surface area contributed by atoms with Crippen molar-refractivity contribution in [3.63, 3.8) is 0 Å². The van der Waals surface area contributed by atoms with Gasteiger partial charge in [-0.15, -0.1) is 0 Å². The number of benzene rings is 2. The van der Waals surface area contributed by atoms with E-state index in [1.165, 1.54) is 20.4 Å². The van der Waals surface area contributed by atoms with Gasteiger partial charge in [-0.25, -0.2) is 0 Å². The molecule has 18 heavy (non-hydrogen) atoms. The maximum absolute atomic E-state index is 2.41. The lowest BCUT2D eigenvalue weighted by atomic mass is 10.1. The number of halogens is 1. The fourth-order valence-electron chi connectivity index (χ4n) is 2.10. The Hall–Kier alpha value is -1.03. The first kappa shape index (κ1) is 13.4. The highest BCUT2D eigenvalue weighted by atomic mass is 127. The van der Waals surface area contributed by atoms with Gasteiger partial charge in [-0.05, 0) is 65.8 Å². The third-order valence-electron chi connectivity index (χ3n) is 3.12. The Balaban J connectivity index is 2.20. The van der Waals surface area contributed by atoms with E-state index in [2.05, 4.69) is 89.9 Å². The topological polar surface area (TPSA) is 3.24 Å². The summed E-state index contributed by atoms with van der Waals surface area (Å²) < 4.78 is 1.29. The maximum Gasteiger partial charge on any atom is 0.0429 e. The average Bonchev–Trinajstić information content (AvgIpc) is 2.39. The lowest BCUT2D eigenvalue weighted by Gasteiger charge is -2.25. The Labute approximate surface area is 123 Å². The van der Waals surface area contributed by atoms with Crippen LogP contribution in [0.5, 0.6) is 0 Å². The maximum atomic E-state index is 2.41. The fourth-order valence-corrected chi connectivity index (χ4v) is 2.46. The van der Waals surface area contributed by atoms with Gasteiger partial charge in [0.2, 0.25) is 0 Å². The van der Waals surface area contributed by atoms with E-state index in [-0.39, 0.29) is 0 Å². The third-order valence-corrected chi connectivity index (χ3v) is 3.84. The highest BCUT2D eigenvalue weighted by molar-refractivity contribution is 14.1. The van der Waals surface area contributed by atoms with Gasteiger partial charge < -0.3 is 4.90 Å². The van der Waals surface area contributed by atoms with E-state index in [0.717, 1.165) is 13.1 Å². The molecule has 0 aliphatic heterocycles. The fraction of sp³-hybridized carbons (Fsp3) is 0.250. The molecule has 1 nitrogen and oxygen atoms in total. The second kappa shape index (κ2) is 6.23. The van der Waals surface area contributed by atoms with Gasteiger partial charge in [0, 0.05) is 22.3 Å². The van der Waals surface area contributed by atoms with E-state index >= 15 is 0 Å². The number of anilines is 1. The standard InChI is InChI=1S/C16H18IN/c1-3-18(16-7-5-4-6-13(16)2)12-14-8-10-15(17)11-9-14/h4-11H,3,12H2,1-2H3. The smallest absolute Gasteiger partial charge is 0.0429 e. The third kappa shape index (κ3) is 3.25. The van der Waals surface area contributed by atoms with Crippen LogP contribution in [-0.2, 0) is 6.54 Å². The van der Waals surface area contributed by atoms with E-state index < -0.39 is 0 Å². The summed E-state index contributed by atoms with van der Waals surface area (Å²) in [6.07, 6.45) is 0.